The quantitative estimate of drug-likeness (QED) is 0.346. The van der Waals surface area contributed by atoms with E-state index < -0.39 is 0 Å². The summed E-state index contributed by atoms with van der Waals surface area (Å²) in [7, 11) is 2.16. The number of aromatic amines is 1. The highest BCUT2D eigenvalue weighted by Crippen LogP contribution is 2.28. The van der Waals surface area contributed by atoms with E-state index in [0.29, 0.717) is 0 Å². The van der Waals surface area contributed by atoms with Crippen LogP contribution in [0.3, 0.4) is 0 Å². The molecule has 0 aliphatic rings. The highest BCUT2D eigenvalue weighted by Gasteiger charge is 2.17. The minimum atomic E-state index is 1.17. The zero-order chi connectivity index (χ0) is 18.1. The molecule has 0 aliphatic carbocycles. The summed E-state index contributed by atoms with van der Waals surface area (Å²) in [5, 5.41) is 2.57. The average Bonchev–Trinajstić information content (AvgIpc) is 3.04. The van der Waals surface area contributed by atoms with Crippen LogP contribution in [0.15, 0.2) is 54.6 Å². The van der Waals surface area contributed by atoms with Crippen molar-refractivity contribution < 1.29 is 4.57 Å². The summed E-state index contributed by atoms with van der Waals surface area (Å²) in [6.45, 7) is 4.47. The van der Waals surface area contributed by atoms with Crippen LogP contribution in [-0.4, -0.2) is 4.98 Å². The van der Waals surface area contributed by atoms with Crippen molar-refractivity contribution in [3.05, 3.63) is 65.7 Å². The van der Waals surface area contributed by atoms with Crippen molar-refractivity contribution >= 4 is 21.9 Å². The zero-order valence-electron chi connectivity index (χ0n) is 16.0. The Hall–Kier alpha value is -2.61. The molecule has 0 saturated heterocycles. The van der Waals surface area contributed by atoms with Crippen LogP contribution in [-0.2, 0) is 13.5 Å². The fourth-order valence-electron chi connectivity index (χ4n) is 3.93. The van der Waals surface area contributed by atoms with E-state index in [-0.39, 0.29) is 0 Å². The molecule has 0 bridgehead atoms. The van der Waals surface area contributed by atoms with Gasteiger partial charge in [-0.1, -0.05) is 44.0 Å². The number of hydrogen-bond donors (Lipinski definition) is 1. The average molecular weight is 343 g/mol. The first-order valence-corrected chi connectivity index (χ1v) is 9.68. The van der Waals surface area contributed by atoms with Gasteiger partial charge in [-0.3, -0.25) is 0 Å². The molecule has 0 aliphatic heterocycles. The van der Waals surface area contributed by atoms with Gasteiger partial charge in [-0.25, -0.2) is 9.55 Å². The molecule has 4 rings (SSSR count). The smallest absolute Gasteiger partial charge is 0.240 e. The van der Waals surface area contributed by atoms with Crippen LogP contribution in [0.1, 0.15) is 37.3 Å². The molecule has 26 heavy (non-hydrogen) atoms. The maximum absolute atomic E-state index is 3.60. The first-order chi connectivity index (χ1) is 12.7. The molecule has 2 heterocycles. The van der Waals surface area contributed by atoms with E-state index in [1.807, 2.05) is 0 Å². The lowest BCUT2D eigenvalue weighted by Crippen LogP contribution is -2.32. The Labute approximate surface area is 155 Å². The van der Waals surface area contributed by atoms with Crippen molar-refractivity contribution in [2.24, 2.45) is 7.05 Å². The third kappa shape index (κ3) is 2.90. The van der Waals surface area contributed by atoms with Gasteiger partial charge in [0, 0.05) is 10.9 Å². The molecule has 2 aromatic heterocycles. The Bertz CT molecular complexity index is 1070. The van der Waals surface area contributed by atoms with Gasteiger partial charge in [-0.2, -0.15) is 0 Å². The molecular formula is C24H27N2+. The van der Waals surface area contributed by atoms with Gasteiger partial charge in [0.2, 0.25) is 0 Å². The monoisotopic (exact) mass is 343 g/mol. The number of hydrogen-bond acceptors (Lipinski definition) is 0. The lowest BCUT2D eigenvalue weighted by Gasteiger charge is -2.10. The molecule has 0 radical (unpaired) electrons. The Morgan fingerprint density at radius 2 is 1.77 bits per heavy atom. The molecule has 0 saturated carbocycles. The number of H-pyrrole nitrogens is 1. The molecule has 2 nitrogen and oxygen atoms in total. The number of rotatable bonds is 5. The maximum Gasteiger partial charge on any atom is 0.287 e. The van der Waals surface area contributed by atoms with Crippen LogP contribution in [0.2, 0.25) is 0 Å². The minimum Gasteiger partial charge on any atom is -0.240 e. The van der Waals surface area contributed by atoms with Crippen molar-refractivity contribution in [3.8, 4) is 11.3 Å². The van der Waals surface area contributed by atoms with Crippen LogP contribution in [0.4, 0.5) is 0 Å². The van der Waals surface area contributed by atoms with Crippen LogP contribution < -0.4 is 4.57 Å². The highest BCUT2D eigenvalue weighted by molar-refractivity contribution is 6.04. The molecule has 0 amide bonds. The van der Waals surface area contributed by atoms with Crippen molar-refractivity contribution in [1.29, 1.82) is 0 Å². The number of aryl methyl sites for hydroxylation is 3. The Kier molecular flexibility index (Phi) is 4.50. The molecular weight excluding hydrogens is 316 g/mol. The van der Waals surface area contributed by atoms with Gasteiger partial charge in [-0.05, 0) is 61.2 Å². The molecule has 132 valence electrons. The number of benzene rings is 2. The first kappa shape index (κ1) is 16.8. The van der Waals surface area contributed by atoms with Crippen LogP contribution in [0.5, 0.6) is 0 Å². The van der Waals surface area contributed by atoms with Crippen molar-refractivity contribution in [3.63, 3.8) is 0 Å². The van der Waals surface area contributed by atoms with Crippen LogP contribution in [0, 0.1) is 6.92 Å². The van der Waals surface area contributed by atoms with E-state index in [1.54, 1.807) is 0 Å². The van der Waals surface area contributed by atoms with Crippen molar-refractivity contribution in [2.75, 3.05) is 0 Å². The predicted molar refractivity (Wildman–Crippen MR) is 110 cm³/mol. The summed E-state index contributed by atoms with van der Waals surface area (Å²) >= 11 is 0. The number of fused-ring (bicyclic) bond motifs is 3. The summed E-state index contributed by atoms with van der Waals surface area (Å²) in [5.74, 6) is 0. The number of para-hydroxylation sites is 1. The molecule has 2 aromatic carbocycles. The van der Waals surface area contributed by atoms with Crippen molar-refractivity contribution in [2.45, 2.75) is 39.5 Å². The molecule has 4 aromatic rings. The second-order valence-electron chi connectivity index (χ2n) is 7.32. The summed E-state index contributed by atoms with van der Waals surface area (Å²) in [6, 6.07) is 20.0. The predicted octanol–water partition coefficient (Wildman–Crippen LogP) is 5.85. The fourth-order valence-corrected chi connectivity index (χ4v) is 3.93. The third-order valence-corrected chi connectivity index (χ3v) is 5.48. The Morgan fingerprint density at radius 3 is 2.62 bits per heavy atom. The van der Waals surface area contributed by atoms with Gasteiger partial charge in [0.15, 0.2) is 0 Å². The second-order valence-corrected chi connectivity index (χ2v) is 7.32. The normalized spacial score (nSPS) is 11.5. The largest absolute Gasteiger partial charge is 0.287 e. The van der Waals surface area contributed by atoms with E-state index in [0.717, 1.165) is 0 Å². The lowest BCUT2D eigenvalue weighted by atomic mass is 9.98. The number of aromatic nitrogens is 2. The van der Waals surface area contributed by atoms with Crippen molar-refractivity contribution in [1.82, 2.24) is 4.98 Å². The molecule has 1 N–H and O–H groups in total. The standard InChI is InChI=1S/C24H26N2/c1-4-5-6-9-18-13-12-17(2)21(16-18)23-15-14-20-19-10-7-8-11-22(19)25-24(20)26(23)3/h7-8,10-16H,4-6,9H2,1-3H3/p+1. The summed E-state index contributed by atoms with van der Waals surface area (Å²) in [5.41, 5.74) is 7.74. The minimum absolute atomic E-state index is 1.17. The topological polar surface area (TPSA) is 19.7 Å². The van der Waals surface area contributed by atoms with Crippen LogP contribution in [0.25, 0.3) is 33.2 Å². The highest BCUT2D eigenvalue weighted by atomic mass is 15.0. The van der Waals surface area contributed by atoms with Gasteiger partial charge in [0.1, 0.15) is 11.2 Å². The summed E-state index contributed by atoms with van der Waals surface area (Å²) < 4.78 is 2.30. The van der Waals surface area contributed by atoms with E-state index in [4.69, 9.17) is 0 Å². The number of unbranched alkanes of at least 4 members (excludes halogenated alkanes) is 2. The Balaban J connectivity index is 1.82. The van der Waals surface area contributed by atoms with Gasteiger partial charge in [0.05, 0.1) is 12.4 Å². The fraction of sp³-hybridized carbons (Fsp3) is 0.292. The van der Waals surface area contributed by atoms with E-state index >= 15 is 0 Å². The Morgan fingerprint density at radius 1 is 0.923 bits per heavy atom. The molecule has 0 unspecified atom stereocenters. The zero-order valence-corrected chi connectivity index (χ0v) is 16.0. The SMILES string of the molecule is CCCCCc1ccc(C)c(-c2ccc3c4ccccc4[nH]c3[n+]2C)c1. The number of pyridine rings is 1. The van der Waals surface area contributed by atoms with Gasteiger partial charge < -0.3 is 0 Å². The lowest BCUT2D eigenvalue weighted by molar-refractivity contribution is -0.635. The first-order valence-electron chi connectivity index (χ1n) is 9.68. The van der Waals surface area contributed by atoms with E-state index in [2.05, 4.69) is 85.0 Å². The third-order valence-electron chi connectivity index (χ3n) is 5.48. The van der Waals surface area contributed by atoms with Gasteiger partial charge in [-0.15, -0.1) is 0 Å². The molecule has 0 fully saturated rings. The summed E-state index contributed by atoms with van der Waals surface area (Å²) in [6.07, 6.45) is 5.01. The second kappa shape index (κ2) is 6.95. The number of nitrogens with zero attached hydrogens (tertiary/aromatic N) is 1. The number of nitrogens with one attached hydrogen (secondary N) is 1. The van der Waals surface area contributed by atoms with E-state index in [9.17, 15) is 0 Å². The van der Waals surface area contributed by atoms with Crippen LogP contribution >= 0.6 is 0 Å². The van der Waals surface area contributed by atoms with Gasteiger partial charge >= 0.3 is 0 Å². The molecule has 0 atom stereocenters. The summed E-state index contributed by atoms with van der Waals surface area (Å²) in [4.78, 5) is 3.60. The van der Waals surface area contributed by atoms with E-state index in [1.165, 1.54) is 70.0 Å². The molecule has 0 spiro atoms. The van der Waals surface area contributed by atoms with Gasteiger partial charge in [0.25, 0.3) is 5.65 Å². The maximum atomic E-state index is 3.60. The molecule has 2 heteroatoms.